The molecule has 106 valence electrons. The van der Waals surface area contributed by atoms with Gasteiger partial charge in [-0.2, -0.15) is 0 Å². The lowest BCUT2D eigenvalue weighted by molar-refractivity contribution is -0.121. The second-order valence-corrected chi connectivity index (χ2v) is 5.22. The van der Waals surface area contributed by atoms with E-state index in [1.807, 2.05) is 0 Å². The molecule has 0 spiro atoms. The lowest BCUT2D eigenvalue weighted by atomic mass is 10.1. The Morgan fingerprint density at radius 2 is 2.17 bits per heavy atom. The number of nitrogens with one attached hydrogen (secondary N) is 2. The van der Waals surface area contributed by atoms with Gasteiger partial charge in [-0.3, -0.25) is 4.79 Å². The van der Waals surface area contributed by atoms with Crippen molar-refractivity contribution in [2.24, 2.45) is 5.92 Å². The molecule has 1 saturated carbocycles. The van der Waals surface area contributed by atoms with Crippen LogP contribution >= 0.6 is 12.4 Å². The van der Waals surface area contributed by atoms with Crippen LogP contribution in [0.15, 0.2) is 0 Å². The summed E-state index contributed by atoms with van der Waals surface area (Å²) in [6, 6.07) is 0.404. The van der Waals surface area contributed by atoms with Crippen molar-refractivity contribution in [2.45, 2.75) is 44.6 Å². The third-order valence-electron chi connectivity index (χ3n) is 3.43. The van der Waals surface area contributed by atoms with Crippen molar-refractivity contribution >= 4 is 18.3 Å². The fourth-order valence-electron chi connectivity index (χ4n) is 2.16. The van der Waals surface area contributed by atoms with E-state index in [0.29, 0.717) is 12.5 Å². The topological polar surface area (TPSA) is 50.4 Å². The van der Waals surface area contributed by atoms with Crippen LogP contribution in [0.4, 0.5) is 0 Å². The van der Waals surface area contributed by atoms with Crippen LogP contribution in [-0.4, -0.2) is 38.3 Å². The van der Waals surface area contributed by atoms with E-state index in [1.54, 1.807) is 0 Å². The first-order chi connectivity index (χ1) is 8.34. The smallest absolute Gasteiger partial charge is 0.221 e. The zero-order valence-corrected chi connectivity index (χ0v) is 11.8. The van der Waals surface area contributed by atoms with Crippen molar-refractivity contribution in [1.29, 1.82) is 0 Å². The van der Waals surface area contributed by atoms with E-state index in [-0.39, 0.29) is 18.3 Å². The first-order valence-corrected chi connectivity index (χ1v) is 6.92. The predicted molar refractivity (Wildman–Crippen MR) is 74.1 cm³/mol. The first-order valence-electron chi connectivity index (χ1n) is 6.92. The summed E-state index contributed by atoms with van der Waals surface area (Å²) in [5, 5.41) is 6.29. The Labute approximate surface area is 116 Å². The van der Waals surface area contributed by atoms with Gasteiger partial charge in [0.1, 0.15) is 0 Å². The molecule has 4 nitrogen and oxygen atoms in total. The fraction of sp³-hybridized carbons (Fsp3) is 0.923. The second kappa shape index (κ2) is 8.73. The third kappa shape index (κ3) is 6.57. The Balaban J connectivity index is 0.00000162. The normalized spacial score (nSPS) is 22.6. The summed E-state index contributed by atoms with van der Waals surface area (Å²) in [6.07, 6.45) is 6.57. The summed E-state index contributed by atoms with van der Waals surface area (Å²) >= 11 is 0. The highest BCUT2D eigenvalue weighted by molar-refractivity contribution is 5.85. The number of halogens is 1. The molecule has 5 heteroatoms. The van der Waals surface area contributed by atoms with Gasteiger partial charge in [0.25, 0.3) is 0 Å². The Hall–Kier alpha value is -0.320. The molecule has 0 aromatic rings. The molecule has 0 bridgehead atoms. The second-order valence-electron chi connectivity index (χ2n) is 5.22. The Morgan fingerprint density at radius 1 is 1.33 bits per heavy atom. The molecule has 1 amide bonds. The van der Waals surface area contributed by atoms with E-state index in [9.17, 15) is 4.79 Å². The largest absolute Gasteiger partial charge is 0.381 e. The molecule has 1 atom stereocenters. The molecule has 1 aliphatic carbocycles. The SMILES string of the molecule is Cl.O=C(CC1CCCN1)NCCCOCC1CC1. The summed E-state index contributed by atoms with van der Waals surface area (Å²) in [5.74, 6) is 1.00. The maximum absolute atomic E-state index is 11.6. The van der Waals surface area contributed by atoms with Crippen molar-refractivity contribution in [2.75, 3.05) is 26.3 Å². The molecular formula is C13H25ClN2O2. The zero-order chi connectivity index (χ0) is 11.9. The van der Waals surface area contributed by atoms with E-state index in [4.69, 9.17) is 4.74 Å². The van der Waals surface area contributed by atoms with E-state index in [1.165, 1.54) is 19.3 Å². The summed E-state index contributed by atoms with van der Waals surface area (Å²) in [5.41, 5.74) is 0. The molecule has 2 aliphatic rings. The summed E-state index contributed by atoms with van der Waals surface area (Å²) in [4.78, 5) is 11.6. The number of carbonyl (C=O) groups excluding carboxylic acids is 1. The third-order valence-corrected chi connectivity index (χ3v) is 3.43. The van der Waals surface area contributed by atoms with Crippen molar-refractivity contribution in [3.8, 4) is 0 Å². The van der Waals surface area contributed by atoms with Gasteiger partial charge in [0.2, 0.25) is 5.91 Å². The van der Waals surface area contributed by atoms with Gasteiger partial charge in [0.05, 0.1) is 0 Å². The van der Waals surface area contributed by atoms with Crippen molar-refractivity contribution in [3.63, 3.8) is 0 Å². The number of ether oxygens (including phenoxy) is 1. The number of hydrogen-bond donors (Lipinski definition) is 2. The van der Waals surface area contributed by atoms with Gasteiger partial charge in [-0.15, -0.1) is 12.4 Å². The highest BCUT2D eigenvalue weighted by atomic mass is 35.5. The van der Waals surface area contributed by atoms with E-state index in [2.05, 4.69) is 10.6 Å². The monoisotopic (exact) mass is 276 g/mol. The van der Waals surface area contributed by atoms with Crippen molar-refractivity contribution < 1.29 is 9.53 Å². The molecule has 2 N–H and O–H groups in total. The lowest BCUT2D eigenvalue weighted by Gasteiger charge is -2.10. The summed E-state index contributed by atoms with van der Waals surface area (Å²) < 4.78 is 5.51. The minimum atomic E-state index is 0. The molecule has 1 aliphatic heterocycles. The predicted octanol–water partition coefficient (Wildman–Crippen LogP) is 1.48. The molecule has 0 aromatic heterocycles. The van der Waals surface area contributed by atoms with Crippen LogP contribution in [0.5, 0.6) is 0 Å². The average Bonchev–Trinajstić information content (AvgIpc) is 3.00. The fourth-order valence-corrected chi connectivity index (χ4v) is 2.16. The first kappa shape index (κ1) is 15.7. The van der Waals surface area contributed by atoms with Gasteiger partial charge in [-0.1, -0.05) is 0 Å². The van der Waals surface area contributed by atoms with Gasteiger partial charge < -0.3 is 15.4 Å². The quantitative estimate of drug-likeness (QED) is 0.661. The van der Waals surface area contributed by atoms with Gasteiger partial charge in [0, 0.05) is 32.2 Å². The lowest BCUT2D eigenvalue weighted by Crippen LogP contribution is -2.32. The Bertz CT molecular complexity index is 241. The van der Waals surface area contributed by atoms with Crippen LogP contribution in [0.3, 0.4) is 0 Å². The average molecular weight is 277 g/mol. The van der Waals surface area contributed by atoms with Crippen LogP contribution in [-0.2, 0) is 9.53 Å². The molecule has 0 aromatic carbocycles. The van der Waals surface area contributed by atoms with E-state index in [0.717, 1.165) is 45.1 Å². The highest BCUT2D eigenvalue weighted by Crippen LogP contribution is 2.28. The maximum atomic E-state index is 11.6. The number of carbonyl (C=O) groups is 1. The maximum Gasteiger partial charge on any atom is 0.221 e. The molecule has 18 heavy (non-hydrogen) atoms. The molecule has 1 saturated heterocycles. The van der Waals surface area contributed by atoms with Crippen LogP contribution < -0.4 is 10.6 Å². The molecular weight excluding hydrogens is 252 g/mol. The van der Waals surface area contributed by atoms with Crippen LogP contribution in [0.1, 0.15) is 38.5 Å². The van der Waals surface area contributed by atoms with Crippen molar-refractivity contribution in [1.82, 2.24) is 10.6 Å². The van der Waals surface area contributed by atoms with E-state index < -0.39 is 0 Å². The zero-order valence-electron chi connectivity index (χ0n) is 11.0. The number of rotatable bonds is 8. The van der Waals surface area contributed by atoms with Crippen LogP contribution in [0, 0.1) is 5.92 Å². The van der Waals surface area contributed by atoms with Crippen LogP contribution in [0.2, 0.25) is 0 Å². The summed E-state index contributed by atoms with van der Waals surface area (Å²) in [7, 11) is 0. The van der Waals surface area contributed by atoms with Gasteiger partial charge in [0.15, 0.2) is 0 Å². The minimum absolute atomic E-state index is 0. The molecule has 0 radical (unpaired) electrons. The van der Waals surface area contributed by atoms with Gasteiger partial charge >= 0.3 is 0 Å². The van der Waals surface area contributed by atoms with E-state index >= 15 is 0 Å². The number of hydrogen-bond acceptors (Lipinski definition) is 3. The molecule has 2 fully saturated rings. The minimum Gasteiger partial charge on any atom is -0.381 e. The Kier molecular flexibility index (Phi) is 7.63. The molecule has 1 heterocycles. The van der Waals surface area contributed by atoms with Gasteiger partial charge in [-0.05, 0) is 44.6 Å². The Morgan fingerprint density at radius 3 is 2.83 bits per heavy atom. The summed E-state index contributed by atoms with van der Waals surface area (Å²) in [6.45, 7) is 3.50. The van der Waals surface area contributed by atoms with Crippen molar-refractivity contribution in [3.05, 3.63) is 0 Å². The standard InChI is InChI=1S/C13H24N2O2.ClH/c16-13(9-12-3-1-6-14-12)15-7-2-8-17-10-11-4-5-11;/h11-12,14H,1-10H2,(H,15,16);1H. The van der Waals surface area contributed by atoms with Gasteiger partial charge in [-0.25, -0.2) is 0 Å². The number of amides is 1. The molecule has 2 rings (SSSR count). The highest BCUT2D eigenvalue weighted by Gasteiger charge is 2.21. The van der Waals surface area contributed by atoms with Crippen LogP contribution in [0.25, 0.3) is 0 Å². The molecule has 1 unspecified atom stereocenters.